The van der Waals surface area contributed by atoms with E-state index in [9.17, 15) is 0 Å². The maximum Gasteiger partial charge on any atom is -0.00976 e. The SMILES string of the molecule is C/C=C\C=C/C/C(C=C(C)C)=C/C. The Morgan fingerprint density at radius 1 is 1.08 bits per heavy atom. The van der Waals surface area contributed by atoms with Gasteiger partial charge in [-0.15, -0.1) is 0 Å². The molecule has 0 aliphatic rings. The Kier molecular flexibility index (Phi) is 6.99. The minimum absolute atomic E-state index is 1.02. The van der Waals surface area contributed by atoms with Gasteiger partial charge in [-0.3, -0.25) is 0 Å². The highest BCUT2D eigenvalue weighted by Crippen LogP contribution is 2.07. The summed E-state index contributed by atoms with van der Waals surface area (Å²) in [7, 11) is 0. The Bertz CT molecular complexity index is 233. The van der Waals surface area contributed by atoms with E-state index in [1.807, 2.05) is 13.0 Å². The lowest BCUT2D eigenvalue weighted by Crippen LogP contribution is -1.76. The van der Waals surface area contributed by atoms with E-state index in [1.54, 1.807) is 0 Å². The van der Waals surface area contributed by atoms with Crippen LogP contribution in [0, 0.1) is 0 Å². The first-order valence-electron chi connectivity index (χ1n) is 4.78. The van der Waals surface area contributed by atoms with Crippen LogP contribution in [0.5, 0.6) is 0 Å². The quantitative estimate of drug-likeness (QED) is 0.556. The predicted octanol–water partition coefficient (Wildman–Crippen LogP) is 4.42. The van der Waals surface area contributed by atoms with Crippen LogP contribution < -0.4 is 0 Å². The molecule has 0 aliphatic carbocycles. The minimum Gasteiger partial charge on any atom is -0.0877 e. The fourth-order valence-corrected chi connectivity index (χ4v) is 1.02. The fourth-order valence-electron chi connectivity index (χ4n) is 1.02. The molecule has 0 heteroatoms. The monoisotopic (exact) mass is 176 g/mol. The summed E-state index contributed by atoms with van der Waals surface area (Å²) in [5.41, 5.74) is 2.73. The second-order valence-electron chi connectivity index (χ2n) is 3.24. The molecule has 0 aliphatic heterocycles. The first-order valence-corrected chi connectivity index (χ1v) is 4.78. The number of allylic oxidation sites excluding steroid dienone is 8. The third-order valence-corrected chi connectivity index (χ3v) is 1.64. The van der Waals surface area contributed by atoms with Crippen LogP contribution in [-0.4, -0.2) is 0 Å². The average molecular weight is 176 g/mol. The Hall–Kier alpha value is -1.04. The lowest BCUT2D eigenvalue weighted by molar-refractivity contribution is 1.24. The topological polar surface area (TPSA) is 0 Å². The van der Waals surface area contributed by atoms with E-state index in [0.717, 1.165) is 6.42 Å². The van der Waals surface area contributed by atoms with Gasteiger partial charge in [0.2, 0.25) is 0 Å². The van der Waals surface area contributed by atoms with Gasteiger partial charge in [0, 0.05) is 0 Å². The highest BCUT2D eigenvalue weighted by molar-refractivity contribution is 5.24. The highest BCUT2D eigenvalue weighted by Gasteiger charge is 1.87. The normalized spacial score (nSPS) is 12.8. The first kappa shape index (κ1) is 12.0. The van der Waals surface area contributed by atoms with Crippen LogP contribution in [0.15, 0.2) is 47.6 Å². The van der Waals surface area contributed by atoms with Crippen LogP contribution in [0.4, 0.5) is 0 Å². The molecule has 0 unspecified atom stereocenters. The summed E-state index contributed by atoms with van der Waals surface area (Å²) < 4.78 is 0. The molecule has 0 rings (SSSR count). The van der Waals surface area contributed by atoms with Crippen molar-refractivity contribution in [2.24, 2.45) is 0 Å². The third kappa shape index (κ3) is 7.32. The van der Waals surface area contributed by atoms with E-state index < -0.39 is 0 Å². The van der Waals surface area contributed by atoms with Gasteiger partial charge in [0.05, 0.1) is 0 Å². The highest BCUT2D eigenvalue weighted by atomic mass is 13.9. The van der Waals surface area contributed by atoms with E-state index >= 15 is 0 Å². The smallest absolute Gasteiger partial charge is 0.00976 e. The second-order valence-corrected chi connectivity index (χ2v) is 3.24. The molecule has 0 bridgehead atoms. The first-order chi connectivity index (χ1) is 6.20. The fraction of sp³-hybridized carbons (Fsp3) is 0.385. The Labute approximate surface area is 82.4 Å². The Morgan fingerprint density at radius 3 is 2.23 bits per heavy atom. The van der Waals surface area contributed by atoms with E-state index in [4.69, 9.17) is 0 Å². The van der Waals surface area contributed by atoms with Gasteiger partial charge in [-0.1, -0.05) is 42.0 Å². The number of hydrogen-bond acceptors (Lipinski definition) is 0. The molecule has 0 aromatic carbocycles. The summed E-state index contributed by atoms with van der Waals surface area (Å²) in [5.74, 6) is 0. The summed E-state index contributed by atoms with van der Waals surface area (Å²) >= 11 is 0. The standard InChI is InChI=1S/C13H20/c1-5-7-8-9-10-13(6-2)11-12(3)4/h5-9,11H,10H2,1-4H3/b7-5-,9-8-,13-6-. The minimum atomic E-state index is 1.02. The molecule has 13 heavy (non-hydrogen) atoms. The second kappa shape index (κ2) is 7.60. The predicted molar refractivity (Wildman–Crippen MR) is 61.8 cm³/mol. The van der Waals surface area contributed by atoms with Crippen molar-refractivity contribution in [2.75, 3.05) is 0 Å². The van der Waals surface area contributed by atoms with Gasteiger partial charge in [-0.2, -0.15) is 0 Å². The molecule has 0 fully saturated rings. The van der Waals surface area contributed by atoms with Crippen LogP contribution >= 0.6 is 0 Å². The summed E-state index contributed by atoms with van der Waals surface area (Å²) in [6.45, 7) is 8.35. The summed E-state index contributed by atoms with van der Waals surface area (Å²) in [5, 5.41) is 0. The van der Waals surface area contributed by atoms with Crippen molar-refractivity contribution < 1.29 is 0 Å². The largest absolute Gasteiger partial charge is 0.0877 e. The van der Waals surface area contributed by atoms with E-state index in [2.05, 4.69) is 51.2 Å². The number of rotatable bonds is 4. The van der Waals surface area contributed by atoms with Crippen molar-refractivity contribution in [2.45, 2.75) is 34.1 Å². The molecule has 0 aromatic heterocycles. The van der Waals surface area contributed by atoms with E-state index in [0.29, 0.717) is 0 Å². The zero-order valence-electron chi connectivity index (χ0n) is 9.17. The van der Waals surface area contributed by atoms with Gasteiger partial charge in [0.1, 0.15) is 0 Å². The zero-order chi connectivity index (χ0) is 10.1. The van der Waals surface area contributed by atoms with E-state index in [1.165, 1.54) is 11.1 Å². The van der Waals surface area contributed by atoms with Crippen molar-refractivity contribution in [3.8, 4) is 0 Å². The molecule has 0 saturated heterocycles. The summed E-state index contributed by atoms with van der Waals surface area (Å²) in [4.78, 5) is 0. The molecule has 0 atom stereocenters. The average Bonchev–Trinajstić information content (AvgIpc) is 2.09. The van der Waals surface area contributed by atoms with Crippen LogP contribution in [-0.2, 0) is 0 Å². The molecule has 0 saturated carbocycles. The van der Waals surface area contributed by atoms with E-state index in [-0.39, 0.29) is 0 Å². The molecule has 0 spiro atoms. The molecular formula is C13H20. The van der Waals surface area contributed by atoms with Crippen molar-refractivity contribution >= 4 is 0 Å². The van der Waals surface area contributed by atoms with Crippen molar-refractivity contribution in [1.82, 2.24) is 0 Å². The number of hydrogen-bond donors (Lipinski definition) is 0. The van der Waals surface area contributed by atoms with Crippen LogP contribution in [0.3, 0.4) is 0 Å². The van der Waals surface area contributed by atoms with Crippen molar-refractivity contribution in [1.29, 1.82) is 0 Å². The molecule has 0 radical (unpaired) electrons. The van der Waals surface area contributed by atoms with Crippen LogP contribution in [0.2, 0.25) is 0 Å². The molecular weight excluding hydrogens is 156 g/mol. The third-order valence-electron chi connectivity index (χ3n) is 1.64. The van der Waals surface area contributed by atoms with Gasteiger partial charge in [-0.25, -0.2) is 0 Å². The van der Waals surface area contributed by atoms with Crippen LogP contribution in [0.1, 0.15) is 34.1 Å². The molecule has 0 nitrogen and oxygen atoms in total. The maximum atomic E-state index is 2.22. The summed E-state index contributed by atoms with van der Waals surface area (Å²) in [6.07, 6.45) is 13.7. The van der Waals surface area contributed by atoms with Crippen LogP contribution in [0.25, 0.3) is 0 Å². The van der Waals surface area contributed by atoms with Crippen molar-refractivity contribution in [3.63, 3.8) is 0 Å². The Balaban J connectivity index is 4.10. The van der Waals surface area contributed by atoms with Gasteiger partial charge >= 0.3 is 0 Å². The molecule has 0 heterocycles. The summed E-state index contributed by atoms with van der Waals surface area (Å²) in [6, 6.07) is 0. The van der Waals surface area contributed by atoms with Gasteiger partial charge in [-0.05, 0) is 39.7 Å². The van der Waals surface area contributed by atoms with Gasteiger partial charge in [0.15, 0.2) is 0 Å². The molecule has 0 amide bonds. The zero-order valence-corrected chi connectivity index (χ0v) is 9.17. The molecule has 72 valence electrons. The Morgan fingerprint density at radius 2 is 1.77 bits per heavy atom. The molecule has 0 N–H and O–H groups in total. The lowest BCUT2D eigenvalue weighted by Gasteiger charge is -1.96. The maximum absolute atomic E-state index is 2.22. The van der Waals surface area contributed by atoms with Gasteiger partial charge in [0.25, 0.3) is 0 Å². The van der Waals surface area contributed by atoms with Crippen molar-refractivity contribution in [3.05, 3.63) is 47.6 Å². The van der Waals surface area contributed by atoms with Gasteiger partial charge < -0.3 is 0 Å². The molecule has 0 aromatic rings. The lowest BCUT2D eigenvalue weighted by atomic mass is 10.1.